The number of nitrogens with one attached hydrogen (secondary N) is 1. The Labute approximate surface area is 91.7 Å². The molecule has 1 aromatic rings. The van der Waals surface area contributed by atoms with Crippen molar-refractivity contribution in [1.82, 2.24) is 5.32 Å². The summed E-state index contributed by atoms with van der Waals surface area (Å²) in [5, 5.41) is 3.00. The highest BCUT2D eigenvalue weighted by molar-refractivity contribution is 5.95. The Morgan fingerprint density at radius 3 is 2.33 bits per heavy atom. The molecule has 0 saturated carbocycles. The third-order valence-corrected chi connectivity index (χ3v) is 2.75. The molecular formula is C13H19NO. The minimum atomic E-state index is 0.0225. The molecule has 0 aromatic heterocycles. The van der Waals surface area contributed by atoms with Gasteiger partial charge in [0.25, 0.3) is 5.91 Å². The molecule has 0 aliphatic heterocycles. The second-order valence-corrected chi connectivity index (χ2v) is 4.32. The molecule has 0 heterocycles. The molecule has 1 aromatic carbocycles. The van der Waals surface area contributed by atoms with E-state index in [1.807, 2.05) is 38.1 Å². The fourth-order valence-corrected chi connectivity index (χ4v) is 1.28. The van der Waals surface area contributed by atoms with Crippen LogP contribution >= 0.6 is 0 Å². The predicted octanol–water partition coefficient (Wildman–Crippen LogP) is 2.77. The molecule has 0 spiro atoms. The number of carbonyl (C=O) groups excluding carboxylic acids is 1. The number of benzene rings is 1. The van der Waals surface area contributed by atoms with Crippen LogP contribution in [-0.4, -0.2) is 11.9 Å². The summed E-state index contributed by atoms with van der Waals surface area (Å²) < 4.78 is 0. The van der Waals surface area contributed by atoms with Crippen molar-refractivity contribution in [1.29, 1.82) is 0 Å². The molecule has 1 amide bonds. The SMILES string of the molecule is Cc1ccccc1C(=O)N[C@H](C)C(C)C. The van der Waals surface area contributed by atoms with Gasteiger partial charge in [-0.3, -0.25) is 4.79 Å². The van der Waals surface area contributed by atoms with Crippen molar-refractivity contribution in [3.8, 4) is 0 Å². The van der Waals surface area contributed by atoms with E-state index in [2.05, 4.69) is 19.2 Å². The van der Waals surface area contributed by atoms with Crippen molar-refractivity contribution in [2.75, 3.05) is 0 Å². The monoisotopic (exact) mass is 205 g/mol. The third-order valence-electron chi connectivity index (χ3n) is 2.75. The first-order valence-electron chi connectivity index (χ1n) is 5.39. The summed E-state index contributed by atoms with van der Waals surface area (Å²) in [7, 11) is 0. The molecular weight excluding hydrogens is 186 g/mol. The summed E-state index contributed by atoms with van der Waals surface area (Å²) in [5.74, 6) is 0.479. The van der Waals surface area contributed by atoms with Crippen molar-refractivity contribution in [3.63, 3.8) is 0 Å². The summed E-state index contributed by atoms with van der Waals surface area (Å²) in [5.41, 5.74) is 1.79. The van der Waals surface area contributed by atoms with Crippen LogP contribution in [0.4, 0.5) is 0 Å². The normalized spacial score (nSPS) is 12.6. The maximum absolute atomic E-state index is 11.9. The van der Waals surface area contributed by atoms with E-state index in [1.165, 1.54) is 0 Å². The Hall–Kier alpha value is -1.31. The first kappa shape index (κ1) is 11.8. The number of carbonyl (C=O) groups is 1. The minimum absolute atomic E-state index is 0.0225. The van der Waals surface area contributed by atoms with E-state index in [1.54, 1.807) is 0 Å². The highest BCUT2D eigenvalue weighted by atomic mass is 16.1. The lowest BCUT2D eigenvalue weighted by Gasteiger charge is -2.18. The van der Waals surface area contributed by atoms with Crippen LogP contribution in [0, 0.1) is 12.8 Å². The zero-order valence-electron chi connectivity index (χ0n) is 9.87. The topological polar surface area (TPSA) is 29.1 Å². The molecule has 1 N–H and O–H groups in total. The fraction of sp³-hybridized carbons (Fsp3) is 0.462. The van der Waals surface area contributed by atoms with Gasteiger partial charge in [-0.2, -0.15) is 0 Å². The van der Waals surface area contributed by atoms with Crippen LogP contribution in [0.5, 0.6) is 0 Å². The van der Waals surface area contributed by atoms with E-state index >= 15 is 0 Å². The van der Waals surface area contributed by atoms with Gasteiger partial charge in [-0.15, -0.1) is 0 Å². The van der Waals surface area contributed by atoms with Crippen LogP contribution in [0.25, 0.3) is 0 Å². The Morgan fingerprint density at radius 2 is 1.80 bits per heavy atom. The van der Waals surface area contributed by atoms with Crippen molar-refractivity contribution < 1.29 is 4.79 Å². The zero-order valence-corrected chi connectivity index (χ0v) is 9.87. The van der Waals surface area contributed by atoms with E-state index in [0.29, 0.717) is 5.92 Å². The summed E-state index contributed by atoms with van der Waals surface area (Å²) in [6.45, 7) is 8.18. The molecule has 0 aliphatic rings. The molecule has 2 heteroatoms. The van der Waals surface area contributed by atoms with Crippen molar-refractivity contribution in [2.24, 2.45) is 5.92 Å². The maximum Gasteiger partial charge on any atom is 0.251 e. The van der Waals surface area contributed by atoms with Gasteiger partial charge < -0.3 is 5.32 Å². The highest BCUT2D eigenvalue weighted by Gasteiger charge is 2.13. The van der Waals surface area contributed by atoms with Crippen LogP contribution in [-0.2, 0) is 0 Å². The van der Waals surface area contributed by atoms with Gasteiger partial charge in [-0.25, -0.2) is 0 Å². The Kier molecular flexibility index (Phi) is 3.89. The van der Waals surface area contributed by atoms with Crippen molar-refractivity contribution >= 4 is 5.91 Å². The molecule has 82 valence electrons. The standard InChI is InChI=1S/C13H19NO/c1-9(2)11(4)14-13(15)12-8-6-5-7-10(12)3/h5-9,11H,1-4H3,(H,14,15)/t11-/m1/s1. The van der Waals surface area contributed by atoms with Gasteiger partial charge in [0.15, 0.2) is 0 Å². The van der Waals surface area contributed by atoms with Crippen LogP contribution in [0.2, 0.25) is 0 Å². The second kappa shape index (κ2) is 4.96. The maximum atomic E-state index is 11.9. The molecule has 2 nitrogen and oxygen atoms in total. The molecule has 0 aliphatic carbocycles. The van der Waals surface area contributed by atoms with Crippen molar-refractivity contribution in [3.05, 3.63) is 35.4 Å². The molecule has 0 radical (unpaired) electrons. The molecule has 15 heavy (non-hydrogen) atoms. The molecule has 1 rings (SSSR count). The first-order chi connectivity index (χ1) is 7.02. The Morgan fingerprint density at radius 1 is 1.20 bits per heavy atom. The number of aryl methyl sites for hydroxylation is 1. The third kappa shape index (κ3) is 3.08. The van der Waals surface area contributed by atoms with Gasteiger partial charge in [0.1, 0.15) is 0 Å². The van der Waals surface area contributed by atoms with E-state index in [9.17, 15) is 4.79 Å². The highest BCUT2D eigenvalue weighted by Crippen LogP contribution is 2.08. The summed E-state index contributed by atoms with van der Waals surface area (Å²) in [4.78, 5) is 11.9. The average molecular weight is 205 g/mol. The van der Waals surface area contributed by atoms with E-state index < -0.39 is 0 Å². The minimum Gasteiger partial charge on any atom is -0.349 e. The molecule has 0 fully saturated rings. The molecule has 0 unspecified atom stereocenters. The van der Waals surface area contributed by atoms with E-state index in [-0.39, 0.29) is 11.9 Å². The van der Waals surface area contributed by atoms with Gasteiger partial charge in [0.2, 0.25) is 0 Å². The second-order valence-electron chi connectivity index (χ2n) is 4.32. The molecule has 1 atom stereocenters. The quantitative estimate of drug-likeness (QED) is 0.807. The number of hydrogen-bond acceptors (Lipinski definition) is 1. The lowest BCUT2D eigenvalue weighted by Crippen LogP contribution is -2.36. The van der Waals surface area contributed by atoms with Crippen LogP contribution < -0.4 is 5.32 Å². The largest absolute Gasteiger partial charge is 0.349 e. The van der Waals surface area contributed by atoms with Gasteiger partial charge >= 0.3 is 0 Å². The van der Waals surface area contributed by atoms with Crippen LogP contribution in [0.3, 0.4) is 0 Å². The van der Waals surface area contributed by atoms with E-state index in [0.717, 1.165) is 11.1 Å². The van der Waals surface area contributed by atoms with Gasteiger partial charge in [0.05, 0.1) is 0 Å². The Balaban J connectivity index is 2.74. The number of hydrogen-bond donors (Lipinski definition) is 1. The predicted molar refractivity (Wildman–Crippen MR) is 62.9 cm³/mol. The van der Waals surface area contributed by atoms with Gasteiger partial charge in [0, 0.05) is 11.6 Å². The first-order valence-corrected chi connectivity index (χ1v) is 5.39. The summed E-state index contributed by atoms with van der Waals surface area (Å²) >= 11 is 0. The smallest absolute Gasteiger partial charge is 0.251 e. The summed E-state index contributed by atoms with van der Waals surface area (Å²) in [6.07, 6.45) is 0. The lowest BCUT2D eigenvalue weighted by atomic mass is 10.0. The van der Waals surface area contributed by atoms with E-state index in [4.69, 9.17) is 0 Å². The van der Waals surface area contributed by atoms with Crippen LogP contribution in [0.15, 0.2) is 24.3 Å². The number of amides is 1. The number of rotatable bonds is 3. The zero-order chi connectivity index (χ0) is 11.4. The average Bonchev–Trinajstić information content (AvgIpc) is 2.18. The lowest BCUT2D eigenvalue weighted by molar-refractivity contribution is 0.0930. The van der Waals surface area contributed by atoms with Gasteiger partial charge in [-0.1, -0.05) is 32.0 Å². The molecule has 0 bridgehead atoms. The summed E-state index contributed by atoms with van der Waals surface area (Å²) in [6, 6.07) is 7.85. The van der Waals surface area contributed by atoms with Crippen LogP contribution in [0.1, 0.15) is 36.7 Å². The van der Waals surface area contributed by atoms with Crippen molar-refractivity contribution in [2.45, 2.75) is 33.7 Å². The van der Waals surface area contributed by atoms with Gasteiger partial charge in [-0.05, 0) is 31.4 Å². The fourth-order valence-electron chi connectivity index (χ4n) is 1.28. The molecule has 0 saturated heterocycles. The Bertz CT molecular complexity index is 344.